The van der Waals surface area contributed by atoms with Crippen LogP contribution in [0.5, 0.6) is 5.75 Å². The molecule has 2 N–H and O–H groups in total. The molecule has 6 heteroatoms. The molecule has 0 amide bonds. The summed E-state index contributed by atoms with van der Waals surface area (Å²) >= 11 is 0. The maximum Gasteiger partial charge on any atom is 0.304 e. The summed E-state index contributed by atoms with van der Waals surface area (Å²) in [5.41, 5.74) is 6.72. The average molecular weight is 290 g/mol. The Hall–Kier alpha value is -2.47. The van der Waals surface area contributed by atoms with Gasteiger partial charge in [0.05, 0.1) is 4.92 Å². The fourth-order valence-corrected chi connectivity index (χ4v) is 1.82. The van der Waals surface area contributed by atoms with Crippen molar-refractivity contribution in [1.29, 1.82) is 0 Å². The topological polar surface area (TPSA) is 78.4 Å². The van der Waals surface area contributed by atoms with E-state index in [1.807, 2.05) is 19.1 Å². The molecule has 0 bridgehead atoms. The van der Waals surface area contributed by atoms with E-state index in [0.29, 0.717) is 11.3 Å². The van der Waals surface area contributed by atoms with Crippen molar-refractivity contribution in [3.05, 3.63) is 69.5 Å². The van der Waals surface area contributed by atoms with Crippen molar-refractivity contribution in [3.63, 3.8) is 0 Å². The van der Waals surface area contributed by atoms with Gasteiger partial charge in [-0.3, -0.25) is 10.1 Å². The summed E-state index contributed by atoms with van der Waals surface area (Å²) in [5.74, 6) is -0.244. The number of hydrogen-bond acceptors (Lipinski definition) is 4. The molecule has 0 fully saturated rings. The number of halogens is 1. The molecule has 2 aromatic rings. The minimum atomic E-state index is -0.867. The van der Waals surface area contributed by atoms with Crippen molar-refractivity contribution in [1.82, 2.24) is 0 Å². The van der Waals surface area contributed by atoms with E-state index in [1.54, 1.807) is 12.1 Å². The highest BCUT2D eigenvalue weighted by Crippen LogP contribution is 2.20. The third-order valence-corrected chi connectivity index (χ3v) is 3.02. The number of nitro groups is 1. The molecule has 0 spiro atoms. The molecule has 21 heavy (non-hydrogen) atoms. The monoisotopic (exact) mass is 290 g/mol. The number of nitrogens with zero attached hydrogens (tertiary/aromatic N) is 1. The van der Waals surface area contributed by atoms with Gasteiger partial charge in [-0.1, -0.05) is 12.1 Å². The molecule has 0 aliphatic heterocycles. The van der Waals surface area contributed by atoms with Crippen LogP contribution in [0.2, 0.25) is 0 Å². The van der Waals surface area contributed by atoms with E-state index in [0.717, 1.165) is 17.7 Å². The lowest BCUT2D eigenvalue weighted by Crippen LogP contribution is -2.04. The third-order valence-electron chi connectivity index (χ3n) is 3.02. The molecule has 0 unspecified atom stereocenters. The average Bonchev–Trinajstić information content (AvgIpc) is 2.45. The maximum atomic E-state index is 13.5. The number of nitrogens with two attached hydrogens (primary N) is 1. The fraction of sp³-hybridized carbons (Fsp3) is 0.200. The smallest absolute Gasteiger partial charge is 0.304 e. The molecule has 2 aromatic carbocycles. The lowest BCUT2D eigenvalue weighted by molar-refractivity contribution is -0.387. The van der Waals surface area contributed by atoms with Crippen LogP contribution in [0.15, 0.2) is 42.5 Å². The molecule has 1 atom stereocenters. The lowest BCUT2D eigenvalue weighted by atomic mass is 10.1. The highest BCUT2D eigenvalue weighted by molar-refractivity contribution is 5.35. The molecule has 0 radical (unpaired) electrons. The molecule has 0 aromatic heterocycles. The summed E-state index contributed by atoms with van der Waals surface area (Å²) in [5, 5.41) is 10.5. The van der Waals surface area contributed by atoms with Gasteiger partial charge in [-0.15, -0.1) is 0 Å². The first-order valence-electron chi connectivity index (χ1n) is 6.38. The van der Waals surface area contributed by atoms with Gasteiger partial charge in [0.2, 0.25) is 5.82 Å². The van der Waals surface area contributed by atoms with Crippen LogP contribution in [0.3, 0.4) is 0 Å². The Kier molecular flexibility index (Phi) is 4.49. The summed E-state index contributed by atoms with van der Waals surface area (Å²) in [4.78, 5) is 9.77. The SMILES string of the molecule is C[C@H](N)c1ccc(OCc2ccc([N+](=O)[O-])c(F)c2)cc1. The van der Waals surface area contributed by atoms with Crippen LogP contribution in [-0.2, 0) is 6.61 Å². The second kappa shape index (κ2) is 6.32. The zero-order chi connectivity index (χ0) is 15.4. The Morgan fingerprint density at radius 3 is 2.48 bits per heavy atom. The van der Waals surface area contributed by atoms with Crippen molar-refractivity contribution in [3.8, 4) is 5.75 Å². The van der Waals surface area contributed by atoms with Crippen molar-refractivity contribution in [2.24, 2.45) is 5.73 Å². The molecular formula is C15H15FN2O3. The first-order valence-corrected chi connectivity index (χ1v) is 6.38. The van der Waals surface area contributed by atoms with Gasteiger partial charge in [0.15, 0.2) is 0 Å². The van der Waals surface area contributed by atoms with Crippen molar-refractivity contribution in [2.45, 2.75) is 19.6 Å². The molecule has 2 rings (SSSR count). The molecule has 5 nitrogen and oxygen atoms in total. The minimum Gasteiger partial charge on any atom is -0.489 e. The maximum absolute atomic E-state index is 13.5. The predicted molar refractivity (Wildman–Crippen MR) is 76.4 cm³/mol. The first-order chi connectivity index (χ1) is 9.97. The van der Waals surface area contributed by atoms with Crippen LogP contribution in [0.4, 0.5) is 10.1 Å². The van der Waals surface area contributed by atoms with E-state index in [1.165, 1.54) is 6.07 Å². The van der Waals surface area contributed by atoms with Gasteiger partial charge in [-0.05, 0) is 42.3 Å². The van der Waals surface area contributed by atoms with Gasteiger partial charge < -0.3 is 10.5 Å². The highest BCUT2D eigenvalue weighted by atomic mass is 19.1. The van der Waals surface area contributed by atoms with E-state index in [2.05, 4.69) is 0 Å². The number of rotatable bonds is 5. The highest BCUT2D eigenvalue weighted by Gasteiger charge is 2.13. The van der Waals surface area contributed by atoms with Crippen LogP contribution in [0.1, 0.15) is 24.1 Å². The van der Waals surface area contributed by atoms with Crippen molar-refractivity contribution < 1.29 is 14.1 Å². The van der Waals surface area contributed by atoms with E-state index in [4.69, 9.17) is 10.5 Å². The fourth-order valence-electron chi connectivity index (χ4n) is 1.82. The molecular weight excluding hydrogens is 275 g/mol. The van der Waals surface area contributed by atoms with E-state index < -0.39 is 16.4 Å². The number of nitro benzene ring substituents is 1. The zero-order valence-corrected chi connectivity index (χ0v) is 11.5. The minimum absolute atomic E-state index is 0.0529. The van der Waals surface area contributed by atoms with Gasteiger partial charge in [0.1, 0.15) is 12.4 Å². The quantitative estimate of drug-likeness (QED) is 0.676. The summed E-state index contributed by atoms with van der Waals surface area (Å²) < 4.78 is 19.0. The standard InChI is InChI=1S/C15H15FN2O3/c1-10(17)12-3-5-13(6-4-12)21-9-11-2-7-15(18(19)20)14(16)8-11/h2-8,10H,9,17H2,1H3/t10-/m0/s1. The van der Waals surface area contributed by atoms with Crippen LogP contribution >= 0.6 is 0 Å². The summed E-state index contributed by atoms with van der Waals surface area (Å²) in [6, 6.07) is 10.9. The largest absolute Gasteiger partial charge is 0.489 e. The third kappa shape index (κ3) is 3.76. The van der Waals surface area contributed by atoms with Crippen LogP contribution in [0.25, 0.3) is 0 Å². The number of ether oxygens (including phenoxy) is 1. The molecule has 0 saturated heterocycles. The lowest BCUT2D eigenvalue weighted by Gasteiger charge is -2.09. The van der Waals surface area contributed by atoms with E-state index >= 15 is 0 Å². The van der Waals surface area contributed by atoms with E-state index in [-0.39, 0.29) is 12.6 Å². The number of hydrogen-bond donors (Lipinski definition) is 1. The second-order valence-electron chi connectivity index (χ2n) is 4.69. The van der Waals surface area contributed by atoms with Gasteiger partial charge in [-0.25, -0.2) is 0 Å². The first kappa shape index (κ1) is 14.9. The molecule has 0 heterocycles. The molecule has 0 saturated carbocycles. The Morgan fingerprint density at radius 2 is 1.95 bits per heavy atom. The Bertz CT molecular complexity index is 642. The normalized spacial score (nSPS) is 12.0. The van der Waals surface area contributed by atoms with Crippen LogP contribution in [-0.4, -0.2) is 4.92 Å². The zero-order valence-electron chi connectivity index (χ0n) is 11.5. The van der Waals surface area contributed by atoms with Gasteiger partial charge in [0.25, 0.3) is 0 Å². The van der Waals surface area contributed by atoms with E-state index in [9.17, 15) is 14.5 Å². The molecule has 110 valence electrons. The van der Waals surface area contributed by atoms with Crippen LogP contribution < -0.4 is 10.5 Å². The second-order valence-corrected chi connectivity index (χ2v) is 4.69. The Labute approximate surface area is 121 Å². The van der Waals surface area contributed by atoms with Gasteiger partial charge in [0, 0.05) is 12.1 Å². The Balaban J connectivity index is 2.03. The van der Waals surface area contributed by atoms with Crippen molar-refractivity contribution in [2.75, 3.05) is 0 Å². The summed E-state index contributed by atoms with van der Waals surface area (Å²) in [6.07, 6.45) is 0. The number of benzene rings is 2. The van der Waals surface area contributed by atoms with Gasteiger partial charge in [-0.2, -0.15) is 4.39 Å². The predicted octanol–water partition coefficient (Wildman–Crippen LogP) is 3.33. The molecule has 0 aliphatic rings. The molecule has 0 aliphatic carbocycles. The van der Waals surface area contributed by atoms with Crippen LogP contribution in [0, 0.1) is 15.9 Å². The van der Waals surface area contributed by atoms with Crippen molar-refractivity contribution >= 4 is 5.69 Å². The summed E-state index contributed by atoms with van der Waals surface area (Å²) in [7, 11) is 0. The summed E-state index contributed by atoms with van der Waals surface area (Å²) in [6.45, 7) is 2.02. The Morgan fingerprint density at radius 1 is 1.29 bits per heavy atom. The van der Waals surface area contributed by atoms with Gasteiger partial charge >= 0.3 is 5.69 Å².